The zero-order chi connectivity index (χ0) is 18.2. The van der Waals surface area contributed by atoms with Crippen LogP contribution in [0.5, 0.6) is 11.5 Å². The normalized spacial score (nSPS) is 11.3. The maximum Gasteiger partial charge on any atom is 0.214 e. The number of rotatable bonds is 7. The van der Waals surface area contributed by atoms with E-state index in [1.165, 1.54) is 0 Å². The number of guanidine groups is 1. The molecule has 0 aliphatic heterocycles. The highest BCUT2D eigenvalue weighted by atomic mass is 16.5. The highest BCUT2D eigenvalue weighted by Gasteiger charge is 2.08. The lowest BCUT2D eigenvalue weighted by Gasteiger charge is -2.12. The topological polar surface area (TPSA) is 80.9 Å². The van der Waals surface area contributed by atoms with Gasteiger partial charge in [-0.3, -0.25) is 0 Å². The maximum atomic E-state index is 5.58. The van der Waals surface area contributed by atoms with Gasteiger partial charge in [-0.1, -0.05) is 0 Å². The molecule has 7 heteroatoms. The average Bonchev–Trinajstić information content (AvgIpc) is 2.95. The summed E-state index contributed by atoms with van der Waals surface area (Å²) in [4.78, 5) is 8.96. The molecule has 0 amide bonds. The molecule has 0 fully saturated rings. The lowest BCUT2D eigenvalue weighted by molar-refractivity contribution is 0.391. The van der Waals surface area contributed by atoms with Crippen LogP contribution >= 0.6 is 0 Å². The van der Waals surface area contributed by atoms with E-state index in [1.807, 2.05) is 39.0 Å². The lowest BCUT2D eigenvalue weighted by Crippen LogP contribution is -2.36. The molecule has 0 saturated heterocycles. The van der Waals surface area contributed by atoms with Gasteiger partial charge in [-0.2, -0.15) is 0 Å². The van der Waals surface area contributed by atoms with Crippen molar-refractivity contribution in [2.75, 3.05) is 20.8 Å². The molecule has 0 bridgehead atoms. The molecular formula is C18H26N4O3. The fraction of sp³-hybridized carbons (Fsp3) is 0.444. The number of benzene rings is 1. The molecule has 0 spiro atoms. The standard InChI is InChI=1S/C18H26N4O3/c1-6-19-18(21-11-17-22-12(2)13(3)25-17)20-10-14-7-8-15(23-4)9-16(14)24-5/h7-9H,6,10-11H2,1-5H3,(H2,19,20,21). The summed E-state index contributed by atoms with van der Waals surface area (Å²) in [5.74, 6) is 3.67. The van der Waals surface area contributed by atoms with E-state index < -0.39 is 0 Å². The Morgan fingerprint density at radius 2 is 2.00 bits per heavy atom. The predicted octanol–water partition coefficient (Wildman–Crippen LogP) is 2.56. The number of hydrogen-bond acceptors (Lipinski definition) is 5. The molecule has 2 aromatic rings. The van der Waals surface area contributed by atoms with E-state index in [0.29, 0.717) is 24.9 Å². The van der Waals surface area contributed by atoms with E-state index >= 15 is 0 Å². The van der Waals surface area contributed by atoms with Crippen LogP contribution in [0.3, 0.4) is 0 Å². The van der Waals surface area contributed by atoms with E-state index in [0.717, 1.165) is 35.1 Å². The molecule has 0 aliphatic carbocycles. The number of nitrogens with zero attached hydrogens (tertiary/aromatic N) is 2. The van der Waals surface area contributed by atoms with Crippen LogP contribution in [0.25, 0.3) is 0 Å². The van der Waals surface area contributed by atoms with Crippen molar-refractivity contribution in [1.29, 1.82) is 0 Å². The van der Waals surface area contributed by atoms with Gasteiger partial charge in [0.05, 0.1) is 33.0 Å². The third kappa shape index (κ3) is 5.14. The van der Waals surface area contributed by atoms with E-state index in [-0.39, 0.29) is 0 Å². The molecule has 1 aromatic heterocycles. The first-order valence-electron chi connectivity index (χ1n) is 8.23. The van der Waals surface area contributed by atoms with E-state index in [4.69, 9.17) is 13.9 Å². The monoisotopic (exact) mass is 346 g/mol. The summed E-state index contributed by atoms with van der Waals surface area (Å²) in [6.45, 7) is 7.56. The Balaban J connectivity index is 2.06. The van der Waals surface area contributed by atoms with Crippen molar-refractivity contribution in [2.24, 2.45) is 4.99 Å². The highest BCUT2D eigenvalue weighted by molar-refractivity contribution is 5.79. The molecule has 25 heavy (non-hydrogen) atoms. The molecule has 7 nitrogen and oxygen atoms in total. The Hall–Kier alpha value is -2.70. The Bertz CT molecular complexity index is 706. The van der Waals surface area contributed by atoms with Gasteiger partial charge in [0, 0.05) is 18.2 Å². The number of hydrogen-bond donors (Lipinski definition) is 2. The van der Waals surface area contributed by atoms with E-state index in [1.54, 1.807) is 14.2 Å². The largest absolute Gasteiger partial charge is 0.497 e. The Morgan fingerprint density at radius 3 is 2.60 bits per heavy atom. The smallest absolute Gasteiger partial charge is 0.214 e. The van der Waals surface area contributed by atoms with Crippen LogP contribution in [0, 0.1) is 13.8 Å². The van der Waals surface area contributed by atoms with Crippen LogP contribution in [-0.2, 0) is 13.1 Å². The summed E-state index contributed by atoms with van der Waals surface area (Å²) in [6.07, 6.45) is 0. The van der Waals surface area contributed by atoms with Crippen molar-refractivity contribution in [1.82, 2.24) is 15.6 Å². The van der Waals surface area contributed by atoms with Crippen LogP contribution in [0.4, 0.5) is 0 Å². The van der Waals surface area contributed by atoms with Crippen LogP contribution in [-0.4, -0.2) is 31.7 Å². The number of methoxy groups -OCH3 is 2. The van der Waals surface area contributed by atoms with Crippen molar-refractivity contribution in [2.45, 2.75) is 33.9 Å². The van der Waals surface area contributed by atoms with Gasteiger partial charge in [-0.25, -0.2) is 9.98 Å². The number of aromatic nitrogens is 1. The molecule has 2 N–H and O–H groups in total. The van der Waals surface area contributed by atoms with Gasteiger partial charge in [0.2, 0.25) is 5.89 Å². The van der Waals surface area contributed by atoms with Gasteiger partial charge >= 0.3 is 0 Å². The Kier molecular flexibility index (Phi) is 6.68. The van der Waals surface area contributed by atoms with Crippen molar-refractivity contribution in [3.8, 4) is 11.5 Å². The summed E-state index contributed by atoms with van der Waals surface area (Å²) in [5.41, 5.74) is 1.88. The van der Waals surface area contributed by atoms with Crippen molar-refractivity contribution in [3.05, 3.63) is 41.1 Å². The fourth-order valence-corrected chi connectivity index (χ4v) is 2.26. The van der Waals surface area contributed by atoms with Gasteiger partial charge in [-0.15, -0.1) is 0 Å². The van der Waals surface area contributed by atoms with Gasteiger partial charge in [0.1, 0.15) is 17.3 Å². The van der Waals surface area contributed by atoms with E-state index in [2.05, 4.69) is 20.6 Å². The molecule has 1 aromatic carbocycles. The molecule has 0 radical (unpaired) electrons. The molecule has 0 aliphatic rings. The third-order valence-corrected chi connectivity index (χ3v) is 3.73. The van der Waals surface area contributed by atoms with Crippen LogP contribution in [0.15, 0.2) is 27.6 Å². The fourth-order valence-electron chi connectivity index (χ4n) is 2.26. The minimum Gasteiger partial charge on any atom is -0.497 e. The number of aryl methyl sites for hydroxylation is 2. The molecule has 2 rings (SSSR count). The second-order valence-electron chi connectivity index (χ2n) is 5.48. The van der Waals surface area contributed by atoms with Crippen LogP contribution in [0.2, 0.25) is 0 Å². The first-order chi connectivity index (χ1) is 12.1. The first-order valence-corrected chi connectivity index (χ1v) is 8.23. The Labute approximate surface area is 148 Å². The number of ether oxygens (including phenoxy) is 2. The zero-order valence-corrected chi connectivity index (χ0v) is 15.5. The number of nitrogens with one attached hydrogen (secondary N) is 2. The quantitative estimate of drug-likeness (QED) is 0.592. The second-order valence-corrected chi connectivity index (χ2v) is 5.48. The van der Waals surface area contributed by atoms with Crippen molar-refractivity contribution >= 4 is 5.96 Å². The average molecular weight is 346 g/mol. The molecule has 136 valence electrons. The van der Waals surface area contributed by atoms with Crippen molar-refractivity contribution in [3.63, 3.8) is 0 Å². The lowest BCUT2D eigenvalue weighted by atomic mass is 10.2. The van der Waals surface area contributed by atoms with Gasteiger partial charge < -0.3 is 24.5 Å². The summed E-state index contributed by atoms with van der Waals surface area (Å²) in [7, 11) is 3.27. The van der Waals surface area contributed by atoms with Crippen LogP contribution < -0.4 is 20.1 Å². The van der Waals surface area contributed by atoms with Gasteiger partial charge in [0.25, 0.3) is 0 Å². The van der Waals surface area contributed by atoms with Gasteiger partial charge in [-0.05, 0) is 32.9 Å². The van der Waals surface area contributed by atoms with E-state index in [9.17, 15) is 0 Å². The minimum absolute atomic E-state index is 0.472. The van der Waals surface area contributed by atoms with Gasteiger partial charge in [0.15, 0.2) is 5.96 Å². The molecule has 1 heterocycles. The first kappa shape index (κ1) is 18.6. The molecule has 0 unspecified atom stereocenters. The second kappa shape index (κ2) is 8.96. The summed E-state index contributed by atoms with van der Waals surface area (Å²) in [6, 6.07) is 5.70. The number of aliphatic imine (C=N–C) groups is 1. The Morgan fingerprint density at radius 1 is 1.20 bits per heavy atom. The molecule has 0 atom stereocenters. The molecule has 0 saturated carbocycles. The predicted molar refractivity (Wildman–Crippen MR) is 97.2 cm³/mol. The highest BCUT2D eigenvalue weighted by Crippen LogP contribution is 2.25. The number of oxazole rings is 1. The van der Waals surface area contributed by atoms with Crippen LogP contribution in [0.1, 0.15) is 29.8 Å². The zero-order valence-electron chi connectivity index (χ0n) is 15.5. The molecular weight excluding hydrogens is 320 g/mol. The summed E-state index contributed by atoms with van der Waals surface area (Å²) < 4.78 is 16.2. The SMILES string of the molecule is CCNC(=NCc1ccc(OC)cc1OC)NCc1nc(C)c(C)o1. The third-order valence-electron chi connectivity index (χ3n) is 3.73. The minimum atomic E-state index is 0.472. The summed E-state index contributed by atoms with van der Waals surface area (Å²) in [5, 5.41) is 6.43. The summed E-state index contributed by atoms with van der Waals surface area (Å²) >= 11 is 0. The maximum absolute atomic E-state index is 5.58. The van der Waals surface area contributed by atoms with Crippen molar-refractivity contribution < 1.29 is 13.9 Å².